The van der Waals surface area contributed by atoms with Gasteiger partial charge in [0.2, 0.25) is 0 Å². The number of ether oxygens (including phenoxy) is 2. The van der Waals surface area contributed by atoms with Crippen molar-refractivity contribution in [2.45, 2.75) is 155 Å². The van der Waals surface area contributed by atoms with E-state index in [1.807, 2.05) is 21.1 Å². The normalized spacial score (nSPS) is 14.2. The third-order valence-corrected chi connectivity index (χ3v) is 8.86. The van der Waals surface area contributed by atoms with E-state index in [0.29, 0.717) is 17.4 Å². The lowest BCUT2D eigenvalue weighted by Crippen LogP contribution is -2.37. The first-order chi connectivity index (χ1) is 23.5. The summed E-state index contributed by atoms with van der Waals surface area (Å²) < 4.78 is 34.1. The zero-order valence-electron chi connectivity index (χ0n) is 31.9. The summed E-state index contributed by atoms with van der Waals surface area (Å²) >= 11 is 0. The zero-order valence-corrected chi connectivity index (χ0v) is 32.8. The van der Waals surface area contributed by atoms with Gasteiger partial charge in [-0.2, -0.15) is 0 Å². The number of rotatable bonds is 34. The van der Waals surface area contributed by atoms with Crippen LogP contribution in [0.15, 0.2) is 36.5 Å². The van der Waals surface area contributed by atoms with Crippen LogP contribution in [0.3, 0.4) is 0 Å². The summed E-state index contributed by atoms with van der Waals surface area (Å²) in [4.78, 5) is 35.1. The highest BCUT2D eigenvalue weighted by Crippen LogP contribution is 2.43. The Bertz CT molecular complexity index is 944. The van der Waals surface area contributed by atoms with Gasteiger partial charge < -0.3 is 18.9 Å². The molecule has 49 heavy (non-hydrogen) atoms. The van der Waals surface area contributed by atoms with Gasteiger partial charge in [0.25, 0.3) is 0 Å². The van der Waals surface area contributed by atoms with E-state index in [1.54, 1.807) is 0 Å². The monoisotopic (exact) mass is 715 g/mol. The molecule has 0 saturated carbocycles. The van der Waals surface area contributed by atoms with Crippen molar-refractivity contribution in [2.75, 3.05) is 47.5 Å². The fourth-order valence-electron chi connectivity index (χ4n) is 4.81. The van der Waals surface area contributed by atoms with Crippen LogP contribution in [0.2, 0.25) is 0 Å². The van der Waals surface area contributed by atoms with Crippen LogP contribution in [0.1, 0.15) is 149 Å². The number of allylic oxidation sites excluding steroid dienone is 6. The van der Waals surface area contributed by atoms with E-state index < -0.39 is 26.5 Å². The minimum Gasteiger partial charge on any atom is -0.462 e. The molecule has 0 rings (SSSR count). The van der Waals surface area contributed by atoms with Crippen LogP contribution in [0.25, 0.3) is 0 Å². The van der Waals surface area contributed by atoms with Crippen LogP contribution in [-0.4, -0.2) is 74.9 Å². The minimum absolute atomic E-state index is 0.0269. The average molecular weight is 715 g/mol. The third-order valence-electron chi connectivity index (χ3n) is 7.87. The maximum Gasteiger partial charge on any atom is 0.472 e. The number of quaternary nitrogens is 1. The van der Waals surface area contributed by atoms with E-state index in [9.17, 15) is 19.0 Å². The Kier molecular flexibility index (Phi) is 31.0. The number of carbonyl (C=O) groups excluding carboxylic acids is 2. The molecule has 0 amide bonds. The molecular weight excluding hydrogens is 641 g/mol. The van der Waals surface area contributed by atoms with Crippen LogP contribution in [0.4, 0.5) is 0 Å². The van der Waals surface area contributed by atoms with Gasteiger partial charge in [0, 0.05) is 12.8 Å². The fraction of sp³-hybridized carbons (Fsp3) is 0.795. The molecule has 0 aliphatic carbocycles. The Morgan fingerprint density at radius 3 is 1.71 bits per heavy atom. The number of likely N-dealkylation sites (N-methyl/N-ethyl adjacent to an activating group) is 1. The summed E-state index contributed by atoms with van der Waals surface area (Å²) in [5.41, 5.74) is 0. The van der Waals surface area contributed by atoms with E-state index in [1.165, 1.54) is 32.1 Å². The second kappa shape index (κ2) is 32.2. The number of nitrogens with zero attached hydrogens (tertiary/aromatic N) is 1. The number of hydrogen-bond acceptors (Lipinski definition) is 7. The molecule has 0 aliphatic rings. The van der Waals surface area contributed by atoms with Crippen molar-refractivity contribution in [2.24, 2.45) is 0 Å². The summed E-state index contributed by atoms with van der Waals surface area (Å²) in [6, 6.07) is 0. The van der Waals surface area contributed by atoms with Gasteiger partial charge in [0.1, 0.15) is 19.8 Å². The highest BCUT2D eigenvalue weighted by atomic mass is 31.2. The third kappa shape index (κ3) is 35.8. The SMILES string of the molecule is CCC/C=C\C/C=C\CCCCCCCC(=O)OC(COC(=O)CCCCCCC/C=C\CCCCC)COP(=O)(O)OCC[N+](C)(C)C. The van der Waals surface area contributed by atoms with Gasteiger partial charge in [0.05, 0.1) is 27.7 Å². The van der Waals surface area contributed by atoms with Gasteiger partial charge in [0.15, 0.2) is 6.10 Å². The first kappa shape index (κ1) is 47.2. The molecule has 1 N–H and O–H groups in total. The van der Waals surface area contributed by atoms with Crippen LogP contribution in [0.5, 0.6) is 0 Å². The molecule has 0 aromatic carbocycles. The van der Waals surface area contributed by atoms with Crippen molar-refractivity contribution in [3.05, 3.63) is 36.5 Å². The topological polar surface area (TPSA) is 108 Å². The summed E-state index contributed by atoms with van der Waals surface area (Å²) in [6.07, 6.45) is 33.3. The molecule has 0 spiro atoms. The Hall–Kier alpha value is -1.77. The molecule has 286 valence electrons. The van der Waals surface area contributed by atoms with E-state index in [4.69, 9.17) is 18.5 Å². The molecule has 0 aromatic heterocycles. The maximum absolute atomic E-state index is 12.6. The molecule has 2 unspecified atom stereocenters. The van der Waals surface area contributed by atoms with Gasteiger partial charge in [-0.25, -0.2) is 4.57 Å². The van der Waals surface area contributed by atoms with Crippen molar-refractivity contribution >= 4 is 19.8 Å². The number of phosphoric acid groups is 1. The zero-order chi connectivity index (χ0) is 36.5. The van der Waals surface area contributed by atoms with Crippen molar-refractivity contribution in [1.82, 2.24) is 0 Å². The quantitative estimate of drug-likeness (QED) is 0.0231. The Morgan fingerprint density at radius 1 is 0.633 bits per heavy atom. The molecular formula is C39H73NO8P+. The number of hydrogen-bond donors (Lipinski definition) is 1. The fourth-order valence-corrected chi connectivity index (χ4v) is 5.55. The molecule has 10 heteroatoms. The Labute approximate surface area is 300 Å². The van der Waals surface area contributed by atoms with Gasteiger partial charge in [-0.15, -0.1) is 0 Å². The van der Waals surface area contributed by atoms with E-state index >= 15 is 0 Å². The van der Waals surface area contributed by atoms with Crippen molar-refractivity contribution in [3.8, 4) is 0 Å². The van der Waals surface area contributed by atoms with Gasteiger partial charge in [-0.1, -0.05) is 108 Å². The average Bonchev–Trinajstić information content (AvgIpc) is 3.04. The maximum atomic E-state index is 12.6. The lowest BCUT2D eigenvalue weighted by molar-refractivity contribution is -0.870. The summed E-state index contributed by atoms with van der Waals surface area (Å²) in [5, 5.41) is 0. The predicted octanol–water partition coefficient (Wildman–Crippen LogP) is 10.2. The highest BCUT2D eigenvalue weighted by Gasteiger charge is 2.27. The molecule has 0 heterocycles. The van der Waals surface area contributed by atoms with Crippen LogP contribution in [-0.2, 0) is 32.7 Å². The first-order valence-electron chi connectivity index (χ1n) is 19.2. The largest absolute Gasteiger partial charge is 0.472 e. The van der Waals surface area contributed by atoms with Gasteiger partial charge in [-0.3, -0.25) is 18.6 Å². The standard InChI is InChI=1S/C39H72NO8P/c1-6-8-10-12-14-16-18-20-22-24-26-28-30-32-39(42)48-37(36-47-49(43,44)46-34-33-40(3,4)5)35-45-38(41)31-29-27-25-23-21-19-17-15-13-11-9-7-2/h10,12,15-18,37H,6-9,11,13-14,19-36H2,1-5H3/p+1/b12-10-,17-15-,18-16-. The summed E-state index contributed by atoms with van der Waals surface area (Å²) in [7, 11) is 1.46. The lowest BCUT2D eigenvalue weighted by atomic mass is 10.1. The molecule has 0 bridgehead atoms. The highest BCUT2D eigenvalue weighted by molar-refractivity contribution is 7.47. The van der Waals surface area contributed by atoms with E-state index in [2.05, 4.69) is 50.3 Å². The summed E-state index contributed by atoms with van der Waals surface area (Å²) in [5.74, 6) is -0.830. The van der Waals surface area contributed by atoms with Crippen molar-refractivity contribution in [1.29, 1.82) is 0 Å². The van der Waals surface area contributed by atoms with Gasteiger partial charge in [-0.05, 0) is 64.2 Å². The Balaban J connectivity index is 4.48. The molecule has 2 atom stereocenters. The molecule has 0 saturated heterocycles. The first-order valence-corrected chi connectivity index (χ1v) is 20.7. The van der Waals surface area contributed by atoms with E-state index in [-0.39, 0.29) is 32.0 Å². The molecule has 0 aliphatic heterocycles. The minimum atomic E-state index is -4.37. The second-order valence-corrected chi connectivity index (χ2v) is 15.4. The predicted molar refractivity (Wildman–Crippen MR) is 201 cm³/mol. The summed E-state index contributed by atoms with van der Waals surface area (Å²) in [6.45, 7) is 4.28. The lowest BCUT2D eigenvalue weighted by Gasteiger charge is -2.24. The van der Waals surface area contributed by atoms with Crippen molar-refractivity contribution < 1.29 is 42.1 Å². The molecule has 0 aromatic rings. The number of carbonyl (C=O) groups is 2. The van der Waals surface area contributed by atoms with Crippen molar-refractivity contribution in [3.63, 3.8) is 0 Å². The molecule has 0 fully saturated rings. The van der Waals surface area contributed by atoms with Crippen LogP contribution < -0.4 is 0 Å². The number of unbranched alkanes of at least 4 members (excludes halogenated alkanes) is 14. The van der Waals surface area contributed by atoms with Gasteiger partial charge >= 0.3 is 19.8 Å². The smallest absolute Gasteiger partial charge is 0.462 e. The number of phosphoric ester groups is 1. The van der Waals surface area contributed by atoms with Crippen LogP contribution in [0, 0.1) is 0 Å². The molecule has 9 nitrogen and oxygen atoms in total. The van der Waals surface area contributed by atoms with E-state index in [0.717, 1.165) is 83.5 Å². The Morgan fingerprint density at radius 2 is 1.14 bits per heavy atom. The second-order valence-electron chi connectivity index (χ2n) is 14.0. The van der Waals surface area contributed by atoms with Crippen LogP contribution >= 0.6 is 7.82 Å². The molecule has 0 radical (unpaired) electrons. The number of esters is 2.